The minimum absolute atomic E-state index is 0.259. The van der Waals surface area contributed by atoms with Crippen molar-refractivity contribution < 1.29 is 14.2 Å². The van der Waals surface area contributed by atoms with E-state index < -0.39 is 0 Å². The first-order valence-electron chi connectivity index (χ1n) is 7.04. The zero-order chi connectivity index (χ0) is 14.7. The van der Waals surface area contributed by atoms with Crippen LogP contribution in [0.3, 0.4) is 0 Å². The SMILES string of the molecule is COc1ccc2c(NCC3CCCO3)ncnc2c1OC. The van der Waals surface area contributed by atoms with Gasteiger partial charge in [-0.3, -0.25) is 0 Å². The van der Waals surface area contributed by atoms with Gasteiger partial charge in [-0.1, -0.05) is 0 Å². The minimum atomic E-state index is 0.259. The van der Waals surface area contributed by atoms with Crippen LogP contribution >= 0.6 is 0 Å². The molecule has 0 bridgehead atoms. The molecule has 1 atom stereocenters. The fourth-order valence-corrected chi connectivity index (χ4v) is 2.60. The number of benzene rings is 1. The minimum Gasteiger partial charge on any atom is -0.493 e. The van der Waals surface area contributed by atoms with E-state index >= 15 is 0 Å². The molecule has 1 aromatic heterocycles. The maximum Gasteiger partial charge on any atom is 0.187 e. The van der Waals surface area contributed by atoms with Gasteiger partial charge in [-0.15, -0.1) is 0 Å². The molecule has 6 nitrogen and oxygen atoms in total. The van der Waals surface area contributed by atoms with Crippen molar-refractivity contribution in [1.29, 1.82) is 0 Å². The van der Waals surface area contributed by atoms with Crippen molar-refractivity contribution in [2.24, 2.45) is 0 Å². The maximum atomic E-state index is 5.62. The molecule has 6 heteroatoms. The van der Waals surface area contributed by atoms with Crippen molar-refractivity contribution in [3.63, 3.8) is 0 Å². The zero-order valence-corrected chi connectivity index (χ0v) is 12.3. The Labute approximate surface area is 123 Å². The Morgan fingerprint density at radius 2 is 2.19 bits per heavy atom. The van der Waals surface area contributed by atoms with Crippen molar-refractivity contribution in [2.75, 3.05) is 32.7 Å². The fourth-order valence-electron chi connectivity index (χ4n) is 2.60. The molecule has 1 aliphatic rings. The molecule has 0 amide bonds. The van der Waals surface area contributed by atoms with Crippen LogP contribution in [-0.4, -0.2) is 43.4 Å². The van der Waals surface area contributed by atoms with Crippen LogP contribution in [0.2, 0.25) is 0 Å². The molecule has 3 rings (SSSR count). The Morgan fingerprint density at radius 1 is 1.29 bits per heavy atom. The second-order valence-corrected chi connectivity index (χ2v) is 4.94. The lowest BCUT2D eigenvalue weighted by Gasteiger charge is -2.14. The second-order valence-electron chi connectivity index (χ2n) is 4.94. The second kappa shape index (κ2) is 6.13. The van der Waals surface area contributed by atoms with E-state index in [-0.39, 0.29) is 6.10 Å². The summed E-state index contributed by atoms with van der Waals surface area (Å²) in [4.78, 5) is 8.64. The molecule has 1 saturated heterocycles. The molecule has 1 N–H and O–H groups in total. The normalized spacial score (nSPS) is 17.9. The highest BCUT2D eigenvalue weighted by molar-refractivity contribution is 5.94. The highest BCUT2D eigenvalue weighted by Crippen LogP contribution is 2.35. The van der Waals surface area contributed by atoms with Crippen LogP contribution in [0.15, 0.2) is 18.5 Å². The number of aromatic nitrogens is 2. The standard InChI is InChI=1S/C15H19N3O3/c1-19-12-6-5-11-13(14(12)20-2)17-9-18-15(11)16-8-10-4-3-7-21-10/h5-6,9-10H,3-4,7-8H2,1-2H3,(H,16,17,18). The van der Waals surface area contributed by atoms with Crippen molar-refractivity contribution in [3.8, 4) is 11.5 Å². The predicted molar refractivity (Wildman–Crippen MR) is 80.1 cm³/mol. The lowest BCUT2D eigenvalue weighted by molar-refractivity contribution is 0.120. The van der Waals surface area contributed by atoms with Crippen molar-refractivity contribution in [3.05, 3.63) is 18.5 Å². The highest BCUT2D eigenvalue weighted by atomic mass is 16.5. The van der Waals surface area contributed by atoms with E-state index in [1.807, 2.05) is 12.1 Å². The van der Waals surface area contributed by atoms with Gasteiger partial charge < -0.3 is 19.5 Å². The number of fused-ring (bicyclic) bond motifs is 1. The molecule has 1 aliphatic heterocycles. The number of nitrogens with zero attached hydrogens (tertiary/aromatic N) is 2. The molecule has 2 aromatic rings. The predicted octanol–water partition coefficient (Wildman–Crippen LogP) is 2.24. The summed E-state index contributed by atoms with van der Waals surface area (Å²) in [6.45, 7) is 1.60. The summed E-state index contributed by atoms with van der Waals surface area (Å²) in [5.41, 5.74) is 0.738. The quantitative estimate of drug-likeness (QED) is 0.910. The largest absolute Gasteiger partial charge is 0.493 e. The summed E-state index contributed by atoms with van der Waals surface area (Å²) in [7, 11) is 3.22. The summed E-state index contributed by atoms with van der Waals surface area (Å²) in [5.74, 6) is 2.07. The van der Waals surface area contributed by atoms with Gasteiger partial charge in [-0.2, -0.15) is 0 Å². The van der Waals surface area contributed by atoms with E-state index in [0.717, 1.165) is 42.7 Å². The van der Waals surface area contributed by atoms with Gasteiger partial charge in [-0.05, 0) is 25.0 Å². The summed E-state index contributed by atoms with van der Waals surface area (Å²) < 4.78 is 16.3. The Balaban J connectivity index is 1.92. The van der Waals surface area contributed by atoms with E-state index in [9.17, 15) is 0 Å². The third-order valence-electron chi connectivity index (χ3n) is 3.67. The van der Waals surface area contributed by atoms with Crippen LogP contribution in [-0.2, 0) is 4.74 Å². The molecule has 1 unspecified atom stereocenters. The molecule has 21 heavy (non-hydrogen) atoms. The Bertz CT molecular complexity index is 627. The van der Waals surface area contributed by atoms with Gasteiger partial charge in [0.25, 0.3) is 0 Å². The third kappa shape index (κ3) is 2.71. The first-order valence-corrected chi connectivity index (χ1v) is 7.04. The van der Waals surface area contributed by atoms with Gasteiger partial charge in [0.1, 0.15) is 17.7 Å². The molecule has 1 aromatic carbocycles. The lowest BCUT2D eigenvalue weighted by Crippen LogP contribution is -2.19. The monoisotopic (exact) mass is 289 g/mol. The van der Waals surface area contributed by atoms with E-state index in [1.165, 1.54) is 6.33 Å². The number of hydrogen-bond acceptors (Lipinski definition) is 6. The number of anilines is 1. The summed E-state index contributed by atoms with van der Waals surface area (Å²) in [6.07, 6.45) is 4.01. The zero-order valence-electron chi connectivity index (χ0n) is 12.3. The molecule has 0 aliphatic carbocycles. The molecule has 2 heterocycles. The highest BCUT2D eigenvalue weighted by Gasteiger charge is 2.17. The van der Waals surface area contributed by atoms with Crippen LogP contribution in [0.5, 0.6) is 11.5 Å². The summed E-state index contributed by atoms with van der Waals surface area (Å²) >= 11 is 0. The smallest absolute Gasteiger partial charge is 0.187 e. The van der Waals surface area contributed by atoms with Gasteiger partial charge in [-0.25, -0.2) is 9.97 Å². The Kier molecular flexibility index (Phi) is 4.06. The van der Waals surface area contributed by atoms with Crippen LogP contribution in [0.25, 0.3) is 10.9 Å². The van der Waals surface area contributed by atoms with Gasteiger partial charge in [0.2, 0.25) is 0 Å². The van der Waals surface area contributed by atoms with E-state index in [4.69, 9.17) is 14.2 Å². The maximum absolute atomic E-state index is 5.62. The van der Waals surface area contributed by atoms with Crippen molar-refractivity contribution >= 4 is 16.7 Å². The number of hydrogen-bond donors (Lipinski definition) is 1. The number of rotatable bonds is 5. The topological polar surface area (TPSA) is 65.5 Å². The third-order valence-corrected chi connectivity index (χ3v) is 3.67. The van der Waals surface area contributed by atoms with E-state index in [2.05, 4.69) is 15.3 Å². The van der Waals surface area contributed by atoms with Crippen LogP contribution in [0.4, 0.5) is 5.82 Å². The van der Waals surface area contributed by atoms with Crippen LogP contribution < -0.4 is 14.8 Å². The Hall–Kier alpha value is -2.08. The van der Waals surface area contributed by atoms with Gasteiger partial charge in [0, 0.05) is 18.5 Å². The fraction of sp³-hybridized carbons (Fsp3) is 0.467. The van der Waals surface area contributed by atoms with E-state index in [1.54, 1.807) is 14.2 Å². The molecule has 1 fully saturated rings. The Morgan fingerprint density at radius 3 is 2.90 bits per heavy atom. The molecular formula is C15H19N3O3. The number of methoxy groups -OCH3 is 2. The van der Waals surface area contributed by atoms with Crippen LogP contribution in [0, 0.1) is 0 Å². The molecule has 0 saturated carbocycles. The average Bonchev–Trinajstić information content (AvgIpc) is 3.04. The van der Waals surface area contributed by atoms with Gasteiger partial charge in [0.15, 0.2) is 11.5 Å². The summed E-state index contributed by atoms with van der Waals surface area (Å²) in [6, 6.07) is 3.80. The van der Waals surface area contributed by atoms with E-state index in [0.29, 0.717) is 11.5 Å². The van der Waals surface area contributed by atoms with Crippen LogP contribution in [0.1, 0.15) is 12.8 Å². The molecule has 112 valence electrons. The number of ether oxygens (including phenoxy) is 3. The van der Waals surface area contributed by atoms with Crippen molar-refractivity contribution in [2.45, 2.75) is 18.9 Å². The van der Waals surface area contributed by atoms with Crippen molar-refractivity contribution in [1.82, 2.24) is 9.97 Å². The molecule has 0 spiro atoms. The molecular weight excluding hydrogens is 270 g/mol. The molecule has 0 radical (unpaired) electrons. The average molecular weight is 289 g/mol. The first-order chi connectivity index (χ1) is 10.3. The lowest BCUT2D eigenvalue weighted by atomic mass is 10.2. The number of nitrogens with one attached hydrogen (secondary N) is 1. The van der Waals surface area contributed by atoms with Gasteiger partial charge >= 0.3 is 0 Å². The first kappa shape index (κ1) is 13.9. The van der Waals surface area contributed by atoms with Gasteiger partial charge in [0.05, 0.1) is 20.3 Å². The summed E-state index contributed by atoms with van der Waals surface area (Å²) in [5, 5.41) is 4.26.